The Kier molecular flexibility index (Phi) is 5.75. The normalized spacial score (nSPS) is 13.6. The van der Waals surface area contributed by atoms with E-state index in [0.717, 1.165) is 5.56 Å². The molecule has 1 aromatic carbocycles. The average Bonchev–Trinajstić information content (AvgIpc) is 3.07. The van der Waals surface area contributed by atoms with Crippen molar-refractivity contribution in [2.24, 2.45) is 0 Å². The molecule has 3 N–H and O–H groups in total. The second kappa shape index (κ2) is 7.77. The molecule has 2 unspecified atom stereocenters. The van der Waals surface area contributed by atoms with Gasteiger partial charge in [-0.3, -0.25) is 4.79 Å². The van der Waals surface area contributed by atoms with E-state index in [1.807, 2.05) is 19.1 Å². The number of aliphatic hydroxyl groups excluding tert-OH is 1. The van der Waals surface area contributed by atoms with E-state index >= 15 is 0 Å². The van der Waals surface area contributed by atoms with Gasteiger partial charge in [0.2, 0.25) is 0 Å². The molecule has 1 heterocycles. The van der Waals surface area contributed by atoms with Crippen molar-refractivity contribution in [3.05, 3.63) is 59.5 Å². The maximum atomic E-state index is 11.5. The first kappa shape index (κ1) is 16.3. The molecule has 2 aromatic rings. The molecule has 0 saturated heterocycles. The number of nitrogens with one attached hydrogen (secondary N) is 2. The SMILES string of the molecule is CNC(=O)c1ccc(CNC(C)CC(O)c2ccco2)cc1. The smallest absolute Gasteiger partial charge is 0.251 e. The highest BCUT2D eigenvalue weighted by molar-refractivity contribution is 5.93. The molecule has 0 aliphatic heterocycles. The van der Waals surface area contributed by atoms with Gasteiger partial charge in [0.15, 0.2) is 0 Å². The molecule has 0 spiro atoms. The number of carbonyl (C=O) groups is 1. The van der Waals surface area contributed by atoms with Crippen LogP contribution in [0.1, 0.15) is 41.1 Å². The highest BCUT2D eigenvalue weighted by Crippen LogP contribution is 2.18. The molecule has 0 fully saturated rings. The van der Waals surface area contributed by atoms with Gasteiger partial charge in [-0.1, -0.05) is 12.1 Å². The Bertz CT molecular complexity index is 578. The Morgan fingerprint density at radius 1 is 1.27 bits per heavy atom. The topological polar surface area (TPSA) is 74.5 Å². The summed E-state index contributed by atoms with van der Waals surface area (Å²) in [5, 5.41) is 16.0. The summed E-state index contributed by atoms with van der Waals surface area (Å²) < 4.78 is 5.19. The van der Waals surface area contributed by atoms with Crippen LogP contribution in [0.25, 0.3) is 0 Å². The highest BCUT2D eigenvalue weighted by atomic mass is 16.4. The fraction of sp³-hybridized carbons (Fsp3) is 0.353. The van der Waals surface area contributed by atoms with Crippen LogP contribution in [-0.2, 0) is 6.54 Å². The van der Waals surface area contributed by atoms with E-state index < -0.39 is 6.10 Å². The molecule has 1 amide bonds. The number of carbonyl (C=O) groups excluding carboxylic acids is 1. The summed E-state index contributed by atoms with van der Waals surface area (Å²) in [6.45, 7) is 2.70. The van der Waals surface area contributed by atoms with Crippen molar-refractivity contribution in [2.75, 3.05) is 7.05 Å². The molecule has 1 aromatic heterocycles. The number of amides is 1. The van der Waals surface area contributed by atoms with E-state index in [2.05, 4.69) is 10.6 Å². The van der Waals surface area contributed by atoms with Gasteiger partial charge >= 0.3 is 0 Å². The van der Waals surface area contributed by atoms with Crippen LogP contribution in [0.2, 0.25) is 0 Å². The van der Waals surface area contributed by atoms with Crippen molar-refractivity contribution in [1.29, 1.82) is 0 Å². The van der Waals surface area contributed by atoms with E-state index in [4.69, 9.17) is 4.42 Å². The molecule has 5 heteroatoms. The van der Waals surface area contributed by atoms with Crippen molar-refractivity contribution in [3.63, 3.8) is 0 Å². The Labute approximate surface area is 130 Å². The van der Waals surface area contributed by atoms with Gasteiger partial charge < -0.3 is 20.2 Å². The standard InChI is InChI=1S/C17H22N2O3/c1-12(10-15(20)16-4-3-9-22-16)19-11-13-5-7-14(8-6-13)17(21)18-2/h3-9,12,15,19-20H,10-11H2,1-2H3,(H,18,21). The monoisotopic (exact) mass is 302 g/mol. The Morgan fingerprint density at radius 2 is 2.00 bits per heavy atom. The second-order valence-corrected chi connectivity index (χ2v) is 5.32. The Balaban J connectivity index is 1.80. The van der Waals surface area contributed by atoms with E-state index in [-0.39, 0.29) is 11.9 Å². The quantitative estimate of drug-likeness (QED) is 0.733. The Hall–Kier alpha value is -2.11. The molecule has 0 aliphatic rings. The summed E-state index contributed by atoms with van der Waals surface area (Å²) in [7, 11) is 1.61. The number of hydrogen-bond donors (Lipinski definition) is 3. The highest BCUT2D eigenvalue weighted by Gasteiger charge is 2.14. The number of benzene rings is 1. The van der Waals surface area contributed by atoms with Crippen LogP contribution in [-0.4, -0.2) is 24.1 Å². The lowest BCUT2D eigenvalue weighted by atomic mass is 10.1. The van der Waals surface area contributed by atoms with Crippen molar-refractivity contribution >= 4 is 5.91 Å². The number of aliphatic hydroxyl groups is 1. The van der Waals surface area contributed by atoms with Gasteiger partial charge in [-0.05, 0) is 43.2 Å². The first-order valence-electron chi connectivity index (χ1n) is 7.36. The fourth-order valence-corrected chi connectivity index (χ4v) is 2.23. The summed E-state index contributed by atoms with van der Waals surface area (Å²) in [5.41, 5.74) is 1.74. The first-order valence-corrected chi connectivity index (χ1v) is 7.36. The van der Waals surface area contributed by atoms with Crippen LogP contribution < -0.4 is 10.6 Å². The lowest BCUT2D eigenvalue weighted by Crippen LogP contribution is -2.27. The molecule has 0 radical (unpaired) electrons. The van der Waals surface area contributed by atoms with Crippen molar-refractivity contribution in [3.8, 4) is 0 Å². The van der Waals surface area contributed by atoms with E-state index in [0.29, 0.717) is 24.3 Å². The third-order valence-corrected chi connectivity index (χ3v) is 3.55. The van der Waals surface area contributed by atoms with Gasteiger partial charge in [0, 0.05) is 25.2 Å². The minimum atomic E-state index is -0.604. The van der Waals surface area contributed by atoms with Crippen LogP contribution in [0.5, 0.6) is 0 Å². The zero-order chi connectivity index (χ0) is 15.9. The fourth-order valence-electron chi connectivity index (χ4n) is 2.23. The zero-order valence-electron chi connectivity index (χ0n) is 12.9. The lowest BCUT2D eigenvalue weighted by Gasteiger charge is -2.16. The molecule has 0 saturated carbocycles. The molecular weight excluding hydrogens is 280 g/mol. The average molecular weight is 302 g/mol. The van der Waals surface area contributed by atoms with Crippen LogP contribution in [0.15, 0.2) is 47.1 Å². The van der Waals surface area contributed by atoms with Crippen LogP contribution >= 0.6 is 0 Å². The van der Waals surface area contributed by atoms with Gasteiger partial charge in [-0.15, -0.1) is 0 Å². The molecule has 2 rings (SSSR count). The summed E-state index contributed by atoms with van der Waals surface area (Å²) in [5.74, 6) is 0.498. The largest absolute Gasteiger partial charge is 0.467 e. The van der Waals surface area contributed by atoms with Gasteiger partial charge in [0.1, 0.15) is 11.9 Å². The third-order valence-electron chi connectivity index (χ3n) is 3.55. The number of hydrogen-bond acceptors (Lipinski definition) is 4. The van der Waals surface area contributed by atoms with Crippen LogP contribution in [0, 0.1) is 0 Å². The Morgan fingerprint density at radius 3 is 2.59 bits per heavy atom. The van der Waals surface area contributed by atoms with Gasteiger partial charge in [0.05, 0.1) is 6.26 Å². The molecule has 5 nitrogen and oxygen atoms in total. The number of rotatable bonds is 7. The molecule has 22 heavy (non-hydrogen) atoms. The molecular formula is C17H22N2O3. The summed E-state index contributed by atoms with van der Waals surface area (Å²) in [4.78, 5) is 11.5. The zero-order valence-corrected chi connectivity index (χ0v) is 12.9. The summed E-state index contributed by atoms with van der Waals surface area (Å²) in [6.07, 6.45) is 1.53. The molecule has 118 valence electrons. The van der Waals surface area contributed by atoms with E-state index in [1.165, 1.54) is 0 Å². The van der Waals surface area contributed by atoms with E-state index in [1.54, 1.807) is 37.6 Å². The third kappa shape index (κ3) is 4.44. The summed E-state index contributed by atoms with van der Waals surface area (Å²) in [6, 6.07) is 11.1. The van der Waals surface area contributed by atoms with Crippen molar-refractivity contribution in [2.45, 2.75) is 32.0 Å². The van der Waals surface area contributed by atoms with Gasteiger partial charge in [-0.2, -0.15) is 0 Å². The van der Waals surface area contributed by atoms with Crippen LogP contribution in [0.4, 0.5) is 0 Å². The minimum Gasteiger partial charge on any atom is -0.467 e. The van der Waals surface area contributed by atoms with E-state index in [9.17, 15) is 9.90 Å². The molecule has 0 bridgehead atoms. The van der Waals surface area contributed by atoms with Crippen molar-refractivity contribution < 1.29 is 14.3 Å². The first-order chi connectivity index (χ1) is 10.6. The lowest BCUT2D eigenvalue weighted by molar-refractivity contribution is 0.0963. The minimum absolute atomic E-state index is 0.0885. The van der Waals surface area contributed by atoms with Gasteiger partial charge in [0.25, 0.3) is 5.91 Å². The van der Waals surface area contributed by atoms with Gasteiger partial charge in [-0.25, -0.2) is 0 Å². The number of furan rings is 1. The maximum absolute atomic E-state index is 11.5. The molecule has 2 atom stereocenters. The van der Waals surface area contributed by atoms with Crippen molar-refractivity contribution in [1.82, 2.24) is 10.6 Å². The van der Waals surface area contributed by atoms with Crippen LogP contribution in [0.3, 0.4) is 0 Å². The predicted molar refractivity (Wildman–Crippen MR) is 84.4 cm³/mol. The second-order valence-electron chi connectivity index (χ2n) is 5.32. The summed E-state index contributed by atoms with van der Waals surface area (Å²) >= 11 is 0. The maximum Gasteiger partial charge on any atom is 0.251 e. The molecule has 0 aliphatic carbocycles. The predicted octanol–water partition coefficient (Wildman–Crippen LogP) is 2.24.